The van der Waals surface area contributed by atoms with Gasteiger partial charge in [0.25, 0.3) is 0 Å². The molecule has 25 heavy (non-hydrogen) atoms. The third-order valence-electron chi connectivity index (χ3n) is 3.49. The Morgan fingerprint density at radius 2 is 1.92 bits per heavy atom. The summed E-state index contributed by atoms with van der Waals surface area (Å²) in [6.45, 7) is -1.02. The van der Waals surface area contributed by atoms with E-state index in [1.165, 1.54) is 0 Å². The fourth-order valence-electron chi connectivity index (χ4n) is 2.32. The average molecular weight is 373 g/mol. The minimum atomic E-state index is -5.01. The van der Waals surface area contributed by atoms with Gasteiger partial charge in [0.1, 0.15) is 11.9 Å². The summed E-state index contributed by atoms with van der Waals surface area (Å²) in [5.74, 6) is -0.213. The van der Waals surface area contributed by atoms with Crippen molar-refractivity contribution < 1.29 is 45.7 Å². The second-order valence-electron chi connectivity index (χ2n) is 5.31. The van der Waals surface area contributed by atoms with Crippen molar-refractivity contribution in [2.24, 2.45) is 0 Å². The first-order valence-corrected chi connectivity index (χ1v) is 7.01. The van der Waals surface area contributed by atoms with Gasteiger partial charge in [-0.25, -0.2) is 4.79 Å². The van der Waals surface area contributed by atoms with E-state index in [2.05, 4.69) is 4.74 Å². The highest BCUT2D eigenvalue weighted by molar-refractivity contribution is 5.65. The molecule has 0 spiro atoms. The standard InChI is InChI=1S/C14H13F6NO4/c15-13(16,17)9-1-2-11(8(5-9)7-24-14(18,19)20)25-10-3-4-21(6-10)12(22)23/h1-2,5,10H,3-4,6-7H2,(H,22,23). The lowest BCUT2D eigenvalue weighted by molar-refractivity contribution is -0.330. The molecule has 0 aliphatic carbocycles. The van der Waals surface area contributed by atoms with Crippen LogP contribution in [0.25, 0.3) is 0 Å². The Labute approximate surface area is 137 Å². The molecule has 1 heterocycles. The van der Waals surface area contributed by atoms with Crippen LogP contribution in [0.2, 0.25) is 0 Å². The Bertz CT molecular complexity index is 631. The van der Waals surface area contributed by atoms with E-state index in [1.54, 1.807) is 0 Å². The largest absolute Gasteiger partial charge is 0.522 e. The minimum Gasteiger partial charge on any atom is -0.488 e. The molecule has 1 fully saturated rings. The zero-order chi connectivity index (χ0) is 18.8. The van der Waals surface area contributed by atoms with Crippen LogP contribution in [0.1, 0.15) is 17.5 Å². The van der Waals surface area contributed by atoms with Gasteiger partial charge in [0.05, 0.1) is 18.7 Å². The molecule has 0 radical (unpaired) electrons. The lowest BCUT2D eigenvalue weighted by Crippen LogP contribution is -2.29. The van der Waals surface area contributed by atoms with Crippen molar-refractivity contribution in [3.8, 4) is 5.75 Å². The molecule has 1 aliphatic rings. The molecule has 1 aromatic rings. The molecule has 1 saturated heterocycles. The van der Waals surface area contributed by atoms with E-state index < -0.39 is 42.5 Å². The highest BCUT2D eigenvalue weighted by atomic mass is 19.4. The number of rotatable bonds is 4. The molecular weight excluding hydrogens is 360 g/mol. The minimum absolute atomic E-state index is 0.0318. The topological polar surface area (TPSA) is 59.0 Å². The molecule has 1 N–H and O–H groups in total. The Kier molecular flexibility index (Phi) is 5.35. The maximum Gasteiger partial charge on any atom is 0.522 e. The van der Waals surface area contributed by atoms with Crippen LogP contribution < -0.4 is 4.74 Å². The van der Waals surface area contributed by atoms with Gasteiger partial charge in [0.15, 0.2) is 0 Å². The van der Waals surface area contributed by atoms with Crippen molar-refractivity contribution in [2.75, 3.05) is 13.1 Å². The number of halogens is 6. The summed E-state index contributed by atoms with van der Waals surface area (Å²) >= 11 is 0. The monoisotopic (exact) mass is 373 g/mol. The summed E-state index contributed by atoms with van der Waals surface area (Å²) in [5, 5.41) is 8.85. The quantitative estimate of drug-likeness (QED) is 0.814. The zero-order valence-electron chi connectivity index (χ0n) is 12.5. The normalized spacial score (nSPS) is 18.5. The molecule has 2 rings (SSSR count). The van der Waals surface area contributed by atoms with Crippen LogP contribution in [0, 0.1) is 0 Å². The molecule has 0 aromatic heterocycles. The van der Waals surface area contributed by atoms with Crippen LogP contribution in [0.5, 0.6) is 5.75 Å². The summed E-state index contributed by atoms with van der Waals surface area (Å²) in [4.78, 5) is 11.9. The van der Waals surface area contributed by atoms with Crippen LogP contribution in [0.4, 0.5) is 31.1 Å². The van der Waals surface area contributed by atoms with Crippen LogP contribution in [-0.4, -0.2) is 41.7 Å². The van der Waals surface area contributed by atoms with E-state index in [4.69, 9.17) is 9.84 Å². The third-order valence-corrected chi connectivity index (χ3v) is 3.49. The molecule has 0 saturated carbocycles. The van der Waals surface area contributed by atoms with E-state index in [9.17, 15) is 31.1 Å². The number of alkyl halides is 6. The van der Waals surface area contributed by atoms with Gasteiger partial charge >= 0.3 is 18.6 Å². The van der Waals surface area contributed by atoms with Gasteiger partial charge in [-0.3, -0.25) is 4.74 Å². The number of amides is 1. The highest BCUT2D eigenvalue weighted by Crippen LogP contribution is 2.34. The van der Waals surface area contributed by atoms with Crippen LogP contribution in [0.3, 0.4) is 0 Å². The molecule has 1 unspecified atom stereocenters. The second-order valence-corrected chi connectivity index (χ2v) is 5.31. The molecule has 0 bridgehead atoms. The van der Waals surface area contributed by atoms with Crippen LogP contribution in [-0.2, 0) is 17.5 Å². The molecule has 140 valence electrons. The van der Waals surface area contributed by atoms with Crippen molar-refractivity contribution >= 4 is 6.09 Å². The number of nitrogens with zero attached hydrogens (tertiary/aromatic N) is 1. The third kappa shape index (κ3) is 5.41. The predicted octanol–water partition coefficient (Wildman–Crippen LogP) is 3.87. The molecule has 1 aliphatic heterocycles. The summed E-state index contributed by atoms with van der Waals surface area (Å²) in [6.07, 6.45) is -11.3. The molecule has 1 atom stereocenters. The van der Waals surface area contributed by atoms with E-state index >= 15 is 0 Å². The van der Waals surface area contributed by atoms with Gasteiger partial charge in [-0.05, 0) is 18.2 Å². The number of likely N-dealkylation sites (tertiary alicyclic amines) is 1. The van der Waals surface area contributed by atoms with Gasteiger partial charge in [-0.15, -0.1) is 13.2 Å². The number of hydrogen-bond acceptors (Lipinski definition) is 3. The number of carboxylic acid groups (broad SMARTS) is 1. The number of benzene rings is 1. The average Bonchev–Trinajstić information content (AvgIpc) is 2.93. The first kappa shape index (κ1) is 19.2. The van der Waals surface area contributed by atoms with Crippen molar-refractivity contribution in [3.63, 3.8) is 0 Å². The van der Waals surface area contributed by atoms with E-state index in [0.29, 0.717) is 12.1 Å². The van der Waals surface area contributed by atoms with Gasteiger partial charge in [-0.2, -0.15) is 13.2 Å². The Morgan fingerprint density at radius 1 is 1.24 bits per heavy atom. The Balaban J connectivity index is 2.19. The number of hydrogen-bond donors (Lipinski definition) is 1. The molecule has 5 nitrogen and oxygen atoms in total. The van der Waals surface area contributed by atoms with Crippen molar-refractivity contribution in [1.82, 2.24) is 4.90 Å². The predicted molar refractivity (Wildman–Crippen MR) is 70.9 cm³/mol. The van der Waals surface area contributed by atoms with Crippen molar-refractivity contribution in [2.45, 2.75) is 31.7 Å². The maximum atomic E-state index is 12.7. The van der Waals surface area contributed by atoms with E-state index in [1.807, 2.05) is 0 Å². The summed E-state index contributed by atoms with van der Waals surface area (Å²) in [5.41, 5.74) is -1.57. The highest BCUT2D eigenvalue weighted by Gasteiger charge is 2.34. The zero-order valence-corrected chi connectivity index (χ0v) is 12.5. The molecule has 1 aromatic carbocycles. The fraction of sp³-hybridized carbons (Fsp3) is 0.500. The van der Waals surface area contributed by atoms with E-state index in [0.717, 1.165) is 11.0 Å². The lowest BCUT2D eigenvalue weighted by Gasteiger charge is -2.19. The first-order valence-electron chi connectivity index (χ1n) is 7.01. The van der Waals surface area contributed by atoms with Gasteiger partial charge < -0.3 is 14.7 Å². The smallest absolute Gasteiger partial charge is 0.488 e. The molecular formula is C14H13F6NO4. The summed E-state index contributed by atoms with van der Waals surface area (Å²) in [7, 11) is 0. The van der Waals surface area contributed by atoms with E-state index in [-0.39, 0.29) is 25.3 Å². The van der Waals surface area contributed by atoms with Gasteiger partial charge in [0.2, 0.25) is 0 Å². The SMILES string of the molecule is O=C(O)N1CCC(Oc2ccc(C(F)(F)F)cc2COC(F)(F)F)C1. The summed E-state index contributed by atoms with van der Waals surface area (Å²) < 4.78 is 83.8. The Morgan fingerprint density at radius 3 is 2.44 bits per heavy atom. The molecule has 1 amide bonds. The Hall–Kier alpha value is -2.17. The maximum absolute atomic E-state index is 12.7. The number of ether oxygens (including phenoxy) is 2. The number of carbonyl (C=O) groups is 1. The second kappa shape index (κ2) is 6.98. The first-order chi connectivity index (χ1) is 11.5. The van der Waals surface area contributed by atoms with Crippen LogP contribution >= 0.6 is 0 Å². The lowest BCUT2D eigenvalue weighted by atomic mass is 10.1. The fourth-order valence-corrected chi connectivity index (χ4v) is 2.32. The molecule has 11 heteroatoms. The van der Waals surface area contributed by atoms with Crippen LogP contribution in [0.15, 0.2) is 18.2 Å². The van der Waals surface area contributed by atoms with Gasteiger partial charge in [-0.1, -0.05) is 0 Å². The van der Waals surface area contributed by atoms with Crippen molar-refractivity contribution in [3.05, 3.63) is 29.3 Å². The van der Waals surface area contributed by atoms with Gasteiger partial charge in [0, 0.05) is 18.5 Å². The van der Waals surface area contributed by atoms with Crippen molar-refractivity contribution in [1.29, 1.82) is 0 Å². The summed E-state index contributed by atoms with van der Waals surface area (Å²) in [6, 6.07) is 2.10.